The lowest BCUT2D eigenvalue weighted by Crippen LogP contribution is -2.35. The van der Waals surface area contributed by atoms with Crippen molar-refractivity contribution >= 4 is 11.8 Å². The molecule has 1 heterocycles. The number of aromatic nitrogens is 2. The Morgan fingerprint density at radius 1 is 1.36 bits per heavy atom. The van der Waals surface area contributed by atoms with E-state index in [1.165, 1.54) is 18.0 Å². The molecule has 0 saturated carbocycles. The van der Waals surface area contributed by atoms with Gasteiger partial charge in [-0.2, -0.15) is 0 Å². The molecule has 0 amide bonds. The van der Waals surface area contributed by atoms with E-state index < -0.39 is 0 Å². The fraction of sp³-hybridized carbons (Fsp3) is 0.727. The molecule has 1 rings (SSSR count). The molecule has 0 bridgehead atoms. The third kappa shape index (κ3) is 2.77. The van der Waals surface area contributed by atoms with E-state index in [0.29, 0.717) is 0 Å². The van der Waals surface area contributed by atoms with Crippen LogP contribution in [0.3, 0.4) is 0 Å². The number of aryl methyl sites for hydroxylation is 1. The number of nitrogens with zero attached hydrogens (tertiary/aromatic N) is 2. The Kier molecular flexibility index (Phi) is 5.09. The van der Waals surface area contributed by atoms with Gasteiger partial charge >= 0.3 is 0 Å². The molecule has 3 heteroatoms. The number of hydrogen-bond donors (Lipinski definition) is 0. The normalized spacial score (nSPS) is 10.8. The van der Waals surface area contributed by atoms with E-state index in [9.17, 15) is 0 Å². The van der Waals surface area contributed by atoms with Crippen molar-refractivity contribution in [3.63, 3.8) is 0 Å². The maximum absolute atomic E-state index is 2.36. The molecule has 0 radical (unpaired) electrons. The lowest BCUT2D eigenvalue weighted by Gasteiger charge is -2.01. The smallest absolute Gasteiger partial charge is 0.235 e. The molecule has 0 N–H and O–H groups in total. The summed E-state index contributed by atoms with van der Waals surface area (Å²) in [5, 5.41) is 0. The highest BCUT2D eigenvalue weighted by atomic mass is 32.2. The Morgan fingerprint density at radius 2 is 2.14 bits per heavy atom. The first-order chi connectivity index (χ1) is 6.83. The van der Waals surface area contributed by atoms with Crippen LogP contribution in [0.15, 0.2) is 12.4 Å². The van der Waals surface area contributed by atoms with Gasteiger partial charge in [-0.15, -0.1) is 11.8 Å². The zero-order valence-electron chi connectivity index (χ0n) is 9.49. The molecule has 2 nitrogen and oxygen atoms in total. The molecule has 0 aliphatic carbocycles. The van der Waals surface area contributed by atoms with Crippen LogP contribution in [0.2, 0.25) is 0 Å². The van der Waals surface area contributed by atoms with Gasteiger partial charge in [0.05, 0.1) is 6.54 Å². The van der Waals surface area contributed by atoms with Crippen molar-refractivity contribution in [2.45, 2.75) is 46.0 Å². The second-order valence-corrected chi connectivity index (χ2v) is 4.44. The van der Waals surface area contributed by atoms with E-state index in [-0.39, 0.29) is 0 Å². The predicted octanol–water partition coefficient (Wildman–Crippen LogP) is 2.46. The SMILES string of the molecule is CCCSC[n+]1ccn(CC)c1CC. The Hall–Kier alpha value is -0.440. The summed E-state index contributed by atoms with van der Waals surface area (Å²) in [5.74, 6) is 3.80. The Labute approximate surface area is 91.3 Å². The molecule has 0 aliphatic heterocycles. The number of hydrogen-bond acceptors (Lipinski definition) is 1. The van der Waals surface area contributed by atoms with E-state index in [2.05, 4.69) is 42.3 Å². The first kappa shape index (κ1) is 11.6. The average Bonchev–Trinajstić information content (AvgIpc) is 2.60. The van der Waals surface area contributed by atoms with Crippen molar-refractivity contribution in [3.8, 4) is 0 Å². The predicted molar refractivity (Wildman–Crippen MR) is 62.4 cm³/mol. The topological polar surface area (TPSA) is 8.81 Å². The highest BCUT2D eigenvalue weighted by Crippen LogP contribution is 2.04. The lowest BCUT2D eigenvalue weighted by molar-refractivity contribution is -0.683. The molecular weight excluding hydrogens is 192 g/mol. The molecule has 0 fully saturated rings. The summed E-state index contributed by atoms with van der Waals surface area (Å²) in [6.45, 7) is 7.73. The second kappa shape index (κ2) is 6.12. The van der Waals surface area contributed by atoms with Gasteiger partial charge in [0.2, 0.25) is 0 Å². The van der Waals surface area contributed by atoms with Gasteiger partial charge in [-0.25, -0.2) is 9.13 Å². The zero-order chi connectivity index (χ0) is 10.4. The summed E-state index contributed by atoms with van der Waals surface area (Å²) in [6, 6.07) is 0. The Bertz CT molecular complexity index is 268. The van der Waals surface area contributed by atoms with Crippen LogP contribution in [0.4, 0.5) is 0 Å². The van der Waals surface area contributed by atoms with Crippen LogP contribution >= 0.6 is 11.8 Å². The monoisotopic (exact) mass is 213 g/mol. The van der Waals surface area contributed by atoms with Crippen LogP contribution in [-0.4, -0.2) is 10.3 Å². The Morgan fingerprint density at radius 3 is 2.71 bits per heavy atom. The van der Waals surface area contributed by atoms with Crippen molar-refractivity contribution in [2.24, 2.45) is 0 Å². The van der Waals surface area contributed by atoms with Crippen molar-refractivity contribution in [1.82, 2.24) is 4.57 Å². The van der Waals surface area contributed by atoms with Gasteiger partial charge in [0.15, 0.2) is 0 Å². The second-order valence-electron chi connectivity index (χ2n) is 3.36. The largest absolute Gasteiger partial charge is 0.256 e. The van der Waals surface area contributed by atoms with Crippen molar-refractivity contribution in [2.75, 3.05) is 5.75 Å². The van der Waals surface area contributed by atoms with Crippen molar-refractivity contribution < 1.29 is 4.57 Å². The number of imidazole rings is 1. The first-order valence-corrected chi connectivity index (χ1v) is 6.64. The van der Waals surface area contributed by atoms with E-state index in [0.717, 1.165) is 18.8 Å². The zero-order valence-corrected chi connectivity index (χ0v) is 10.3. The minimum atomic E-state index is 1.08. The highest BCUT2D eigenvalue weighted by molar-refractivity contribution is 7.98. The third-order valence-corrected chi connectivity index (χ3v) is 3.48. The fourth-order valence-corrected chi connectivity index (χ4v) is 2.47. The maximum Gasteiger partial charge on any atom is 0.256 e. The molecule has 0 aliphatic rings. The molecule has 0 saturated heterocycles. The van der Waals surface area contributed by atoms with Crippen LogP contribution in [0.1, 0.15) is 33.0 Å². The van der Waals surface area contributed by atoms with E-state index in [4.69, 9.17) is 0 Å². The van der Waals surface area contributed by atoms with Gasteiger partial charge in [-0.3, -0.25) is 0 Å². The molecule has 14 heavy (non-hydrogen) atoms. The molecule has 0 spiro atoms. The third-order valence-electron chi connectivity index (χ3n) is 2.33. The summed E-state index contributed by atoms with van der Waals surface area (Å²) < 4.78 is 4.69. The molecule has 1 aromatic rings. The van der Waals surface area contributed by atoms with Crippen LogP contribution in [0.25, 0.3) is 0 Å². The van der Waals surface area contributed by atoms with Crippen molar-refractivity contribution in [3.05, 3.63) is 18.2 Å². The fourth-order valence-electron chi connectivity index (χ4n) is 1.62. The summed E-state index contributed by atoms with van der Waals surface area (Å²) in [6.07, 6.45) is 6.77. The van der Waals surface area contributed by atoms with Crippen LogP contribution in [-0.2, 0) is 18.8 Å². The Balaban J connectivity index is 2.61. The summed E-state index contributed by atoms with van der Waals surface area (Å²) in [4.78, 5) is 0. The maximum atomic E-state index is 2.36. The van der Waals surface area contributed by atoms with Crippen molar-refractivity contribution in [1.29, 1.82) is 0 Å². The minimum Gasteiger partial charge on any atom is -0.235 e. The van der Waals surface area contributed by atoms with Crippen LogP contribution < -0.4 is 4.57 Å². The van der Waals surface area contributed by atoms with Gasteiger partial charge in [-0.05, 0) is 19.1 Å². The van der Waals surface area contributed by atoms with Gasteiger partial charge in [0.25, 0.3) is 5.82 Å². The van der Waals surface area contributed by atoms with E-state index in [1.807, 2.05) is 11.8 Å². The van der Waals surface area contributed by atoms with Crippen LogP contribution in [0, 0.1) is 0 Å². The van der Waals surface area contributed by atoms with Gasteiger partial charge in [-0.1, -0.05) is 13.8 Å². The summed E-state index contributed by atoms with van der Waals surface area (Å²) >= 11 is 2.01. The molecule has 0 aromatic carbocycles. The van der Waals surface area contributed by atoms with Gasteiger partial charge in [0, 0.05) is 6.42 Å². The van der Waals surface area contributed by atoms with Gasteiger partial charge < -0.3 is 0 Å². The molecule has 80 valence electrons. The van der Waals surface area contributed by atoms with E-state index >= 15 is 0 Å². The lowest BCUT2D eigenvalue weighted by atomic mass is 10.4. The molecule has 0 unspecified atom stereocenters. The summed E-state index contributed by atoms with van der Waals surface area (Å²) in [5.41, 5.74) is 0. The highest BCUT2D eigenvalue weighted by Gasteiger charge is 2.12. The van der Waals surface area contributed by atoms with Gasteiger partial charge in [0.1, 0.15) is 18.3 Å². The number of rotatable bonds is 6. The molecule has 0 atom stereocenters. The number of thioether (sulfide) groups is 1. The quantitative estimate of drug-likeness (QED) is 0.521. The molecule has 1 aromatic heterocycles. The van der Waals surface area contributed by atoms with E-state index in [1.54, 1.807) is 0 Å². The molecular formula is C11H21N2S+. The van der Waals surface area contributed by atoms with Crippen LogP contribution in [0.5, 0.6) is 0 Å². The first-order valence-electron chi connectivity index (χ1n) is 5.48. The standard InChI is InChI=1S/C11H21N2S/c1-4-9-14-10-13-8-7-12(6-3)11(13)5-2/h7-8H,4-6,9-10H2,1-3H3/q+1. The summed E-state index contributed by atoms with van der Waals surface area (Å²) in [7, 11) is 0. The average molecular weight is 213 g/mol. The minimum absolute atomic E-state index is 1.08.